The van der Waals surface area contributed by atoms with Gasteiger partial charge in [-0.2, -0.15) is 5.26 Å². The number of fused-ring (bicyclic) bond motifs is 3. The van der Waals surface area contributed by atoms with Crippen molar-refractivity contribution in [2.75, 3.05) is 19.7 Å². The molecule has 0 saturated carbocycles. The molecule has 2 aliphatic heterocycles. The number of ether oxygens (including phenoxy) is 1. The molecule has 23 heavy (non-hydrogen) atoms. The van der Waals surface area contributed by atoms with Crippen molar-refractivity contribution in [2.24, 2.45) is 5.41 Å². The number of likely N-dealkylation sites (tertiary alicyclic amines) is 1. The van der Waals surface area contributed by atoms with Crippen molar-refractivity contribution in [3.8, 4) is 11.8 Å². The van der Waals surface area contributed by atoms with Crippen LogP contribution in [0.3, 0.4) is 0 Å². The largest absolute Gasteiger partial charge is 0.491 e. The van der Waals surface area contributed by atoms with E-state index >= 15 is 0 Å². The molecule has 2 aromatic rings. The molecule has 2 heterocycles. The summed E-state index contributed by atoms with van der Waals surface area (Å²) < 4.78 is 20.1. The third kappa shape index (κ3) is 2.29. The number of hydrogen-bond donors (Lipinski definition) is 0. The molecule has 4 heteroatoms. The van der Waals surface area contributed by atoms with E-state index in [1.165, 1.54) is 11.6 Å². The monoisotopic (exact) mass is 308 g/mol. The fraction of sp³-hybridized carbons (Fsp3) is 0.316. The first kappa shape index (κ1) is 14.2. The molecule has 2 atom stereocenters. The minimum atomic E-state index is -0.663. The highest BCUT2D eigenvalue weighted by Crippen LogP contribution is 2.50. The first-order valence-corrected chi connectivity index (χ1v) is 7.81. The van der Waals surface area contributed by atoms with Crippen LogP contribution in [0.4, 0.5) is 4.39 Å². The maximum atomic E-state index is 14.4. The van der Waals surface area contributed by atoms with Crippen LogP contribution in [0.25, 0.3) is 0 Å². The van der Waals surface area contributed by atoms with Crippen LogP contribution in [0, 0.1) is 22.6 Å². The lowest BCUT2D eigenvalue weighted by Crippen LogP contribution is -2.38. The zero-order chi connectivity index (χ0) is 15.9. The molecule has 0 amide bonds. The summed E-state index contributed by atoms with van der Waals surface area (Å²) in [4.78, 5) is 2.23. The third-order valence-corrected chi connectivity index (χ3v) is 4.93. The molecule has 0 radical (unpaired) electrons. The Morgan fingerprint density at radius 3 is 2.83 bits per heavy atom. The molecular formula is C19H17FN2O. The van der Waals surface area contributed by atoms with Gasteiger partial charge in [0, 0.05) is 31.1 Å². The van der Waals surface area contributed by atoms with Crippen molar-refractivity contribution in [2.45, 2.75) is 12.5 Å². The van der Waals surface area contributed by atoms with Gasteiger partial charge in [-0.3, -0.25) is 4.90 Å². The molecule has 1 fully saturated rings. The second-order valence-electron chi connectivity index (χ2n) is 6.42. The Kier molecular flexibility index (Phi) is 3.32. The highest BCUT2D eigenvalue weighted by molar-refractivity contribution is 5.44. The van der Waals surface area contributed by atoms with Gasteiger partial charge in [-0.15, -0.1) is 0 Å². The quantitative estimate of drug-likeness (QED) is 0.854. The number of rotatable bonds is 2. The van der Waals surface area contributed by atoms with E-state index in [2.05, 4.69) is 23.1 Å². The van der Waals surface area contributed by atoms with Crippen LogP contribution in [0.2, 0.25) is 0 Å². The molecule has 4 rings (SSSR count). The van der Waals surface area contributed by atoms with E-state index in [-0.39, 0.29) is 11.7 Å². The maximum absolute atomic E-state index is 14.4. The molecule has 2 aromatic carbocycles. The van der Waals surface area contributed by atoms with Gasteiger partial charge in [-0.05, 0) is 17.7 Å². The number of hydrogen-bond acceptors (Lipinski definition) is 3. The van der Waals surface area contributed by atoms with Gasteiger partial charge < -0.3 is 4.74 Å². The Morgan fingerprint density at radius 1 is 1.22 bits per heavy atom. The lowest BCUT2D eigenvalue weighted by molar-refractivity contribution is 0.157. The highest BCUT2D eigenvalue weighted by Gasteiger charge is 2.52. The lowest BCUT2D eigenvalue weighted by atomic mass is 9.74. The van der Waals surface area contributed by atoms with E-state index in [0.717, 1.165) is 6.54 Å². The van der Waals surface area contributed by atoms with Gasteiger partial charge in [-0.1, -0.05) is 36.4 Å². The van der Waals surface area contributed by atoms with Gasteiger partial charge in [0.2, 0.25) is 0 Å². The molecule has 116 valence electrons. The van der Waals surface area contributed by atoms with Crippen LogP contribution in [0.1, 0.15) is 17.0 Å². The second kappa shape index (κ2) is 5.36. The molecule has 2 aliphatic rings. The summed E-state index contributed by atoms with van der Waals surface area (Å²) in [6, 6.07) is 17.5. The third-order valence-electron chi connectivity index (χ3n) is 4.93. The van der Waals surface area contributed by atoms with E-state index in [4.69, 9.17) is 4.74 Å². The Labute approximate surface area is 134 Å². The summed E-state index contributed by atoms with van der Waals surface area (Å²) >= 11 is 0. The van der Waals surface area contributed by atoms with Gasteiger partial charge in [0.15, 0.2) is 0 Å². The molecule has 0 spiro atoms. The molecule has 1 saturated heterocycles. The van der Waals surface area contributed by atoms with Gasteiger partial charge in [0.1, 0.15) is 23.6 Å². The van der Waals surface area contributed by atoms with Crippen molar-refractivity contribution >= 4 is 0 Å². The molecule has 0 aliphatic carbocycles. The van der Waals surface area contributed by atoms with E-state index in [1.54, 1.807) is 12.1 Å². The zero-order valence-corrected chi connectivity index (χ0v) is 12.7. The normalized spacial score (nSPS) is 26.0. The average molecular weight is 308 g/mol. The second-order valence-corrected chi connectivity index (χ2v) is 6.42. The summed E-state index contributed by atoms with van der Waals surface area (Å²) in [7, 11) is 0. The Hall–Kier alpha value is -2.38. The number of nitrogens with zero attached hydrogens (tertiary/aromatic N) is 2. The summed E-state index contributed by atoms with van der Waals surface area (Å²) in [6.07, 6.45) is 0. The van der Waals surface area contributed by atoms with Gasteiger partial charge >= 0.3 is 0 Å². The summed E-state index contributed by atoms with van der Waals surface area (Å²) in [5, 5.41) is 9.77. The highest BCUT2D eigenvalue weighted by atomic mass is 19.1. The SMILES string of the molecule is N#C[C@@]12COc3cccc(F)c3[C@@H]1CN(Cc1ccccc1)C2. The predicted octanol–water partition coefficient (Wildman–Crippen LogP) is 3.33. The predicted molar refractivity (Wildman–Crippen MR) is 84.4 cm³/mol. The first-order chi connectivity index (χ1) is 11.2. The van der Waals surface area contributed by atoms with Crippen LogP contribution in [0.5, 0.6) is 5.75 Å². The zero-order valence-electron chi connectivity index (χ0n) is 12.7. The fourth-order valence-electron chi connectivity index (χ4n) is 3.82. The smallest absolute Gasteiger partial charge is 0.130 e. The van der Waals surface area contributed by atoms with E-state index in [9.17, 15) is 9.65 Å². The summed E-state index contributed by atoms with van der Waals surface area (Å²) in [5.41, 5.74) is 1.11. The minimum Gasteiger partial charge on any atom is -0.491 e. The van der Waals surface area contributed by atoms with Gasteiger partial charge in [-0.25, -0.2) is 4.39 Å². The Bertz CT molecular complexity index is 771. The maximum Gasteiger partial charge on any atom is 0.130 e. The van der Waals surface area contributed by atoms with Crippen LogP contribution in [0.15, 0.2) is 48.5 Å². The van der Waals surface area contributed by atoms with Crippen LogP contribution in [-0.2, 0) is 6.54 Å². The van der Waals surface area contributed by atoms with Crippen LogP contribution in [-0.4, -0.2) is 24.6 Å². The van der Waals surface area contributed by atoms with Gasteiger partial charge in [0.05, 0.1) is 6.07 Å². The minimum absolute atomic E-state index is 0.138. The molecule has 0 aromatic heterocycles. The Morgan fingerprint density at radius 2 is 2.04 bits per heavy atom. The fourth-order valence-corrected chi connectivity index (χ4v) is 3.82. The van der Waals surface area contributed by atoms with Crippen molar-refractivity contribution in [1.29, 1.82) is 5.26 Å². The van der Waals surface area contributed by atoms with Crippen molar-refractivity contribution in [3.05, 3.63) is 65.5 Å². The standard InChI is InChI=1S/C19H17FN2O/c20-16-7-4-8-17-18(16)15-10-22(9-14-5-2-1-3-6-14)12-19(15,11-21)13-23-17/h1-8,15H,9-10,12-13H2/t15-,19+/m0/s1. The summed E-state index contributed by atoms with van der Waals surface area (Å²) in [5.74, 6) is 0.178. The molecule has 0 N–H and O–H groups in total. The number of benzene rings is 2. The number of nitriles is 1. The lowest BCUT2D eigenvalue weighted by Gasteiger charge is -2.34. The van der Waals surface area contributed by atoms with Crippen LogP contribution >= 0.6 is 0 Å². The number of halogens is 1. The topological polar surface area (TPSA) is 36.3 Å². The van der Waals surface area contributed by atoms with Gasteiger partial charge in [0.25, 0.3) is 0 Å². The summed E-state index contributed by atoms with van der Waals surface area (Å²) in [6.45, 7) is 2.39. The average Bonchev–Trinajstić information content (AvgIpc) is 2.94. The molecule has 3 nitrogen and oxygen atoms in total. The van der Waals surface area contributed by atoms with Crippen molar-refractivity contribution in [1.82, 2.24) is 4.90 Å². The molecular weight excluding hydrogens is 291 g/mol. The van der Waals surface area contributed by atoms with Crippen molar-refractivity contribution < 1.29 is 9.13 Å². The van der Waals surface area contributed by atoms with E-state index in [0.29, 0.717) is 31.0 Å². The first-order valence-electron chi connectivity index (χ1n) is 7.81. The van der Waals surface area contributed by atoms with E-state index < -0.39 is 5.41 Å². The molecule has 0 unspecified atom stereocenters. The van der Waals surface area contributed by atoms with Crippen LogP contribution < -0.4 is 4.74 Å². The molecule has 0 bridgehead atoms. The Balaban J connectivity index is 1.67. The van der Waals surface area contributed by atoms with E-state index in [1.807, 2.05) is 18.2 Å². The van der Waals surface area contributed by atoms with Crippen molar-refractivity contribution in [3.63, 3.8) is 0 Å².